The number of thioether (sulfide) groups is 1. The van der Waals surface area contributed by atoms with Gasteiger partial charge in [-0.3, -0.25) is 5.84 Å². The Balaban J connectivity index is 1.36. The summed E-state index contributed by atoms with van der Waals surface area (Å²) >= 11 is 0.807. The van der Waals surface area contributed by atoms with Gasteiger partial charge in [0, 0.05) is 17.3 Å². The normalized spacial score (nSPS) is 32.3. The van der Waals surface area contributed by atoms with E-state index in [2.05, 4.69) is 26.9 Å². The number of quaternary nitrogens is 1. The molecule has 1 aromatic heterocycles. The molecule has 2 aliphatic rings. The molecule has 6 unspecified atom stereocenters. The van der Waals surface area contributed by atoms with Gasteiger partial charge in [0.25, 0.3) is 0 Å². The molecule has 2 saturated heterocycles. The van der Waals surface area contributed by atoms with Gasteiger partial charge in [0.05, 0.1) is 25.5 Å². The third-order valence-corrected chi connectivity index (χ3v) is 9.00. The lowest BCUT2D eigenvalue weighted by Gasteiger charge is -2.46. The number of aliphatic hydroxyl groups is 6. The first kappa shape index (κ1) is 33.1. The molecule has 14 nitrogen and oxygen atoms in total. The summed E-state index contributed by atoms with van der Waals surface area (Å²) in [6.07, 6.45) is -5.34. The Morgan fingerprint density at radius 3 is 2.20 bits per heavy atom. The molecular formula is C28H35F2N6O8S+. The smallest absolute Gasteiger partial charge is 0.134 e. The molecule has 2 aromatic carbocycles. The molecule has 10 atom stereocenters. The largest absolute Gasteiger partial charge is 0.394 e. The highest BCUT2D eigenvalue weighted by atomic mass is 32.2. The highest BCUT2D eigenvalue weighted by Gasteiger charge is 2.50. The highest BCUT2D eigenvalue weighted by Crippen LogP contribution is 2.40. The van der Waals surface area contributed by atoms with Crippen molar-refractivity contribution in [2.24, 2.45) is 0 Å². The number of nitrogens with zero attached hydrogens (tertiary/aromatic N) is 3. The zero-order valence-electron chi connectivity index (χ0n) is 23.7. The quantitative estimate of drug-likeness (QED) is 0.109. The standard InChI is InChI=1S/C28H34F2N6O8S/c29-15-5-1-3-13(7-15)17(33-31)9-32-21-23(39)19(11-37)43-27(25(21)41)45-28-26(42)22(24(40)20(12-38)44-28)36-10-18(34-35-36)14-4-2-6-16(30)8-14/h1-10,19-28,32-33,37-42H,11-12,31H2/p+1/b17-9-/t19?,20-,21?,22?,23+,24?,25?,26-,27+,28?/m1/s1. The lowest BCUT2D eigenvalue weighted by Crippen LogP contribution is -2.64. The number of nitrogens with one attached hydrogen (secondary N) is 2. The summed E-state index contributed by atoms with van der Waals surface area (Å²) in [5.41, 5.74) is 1.72. The monoisotopic (exact) mass is 653 g/mol. The van der Waals surface area contributed by atoms with E-state index >= 15 is 0 Å². The third kappa shape index (κ3) is 7.12. The number of hydrogen-bond donors (Lipinski definition) is 9. The molecule has 2 fully saturated rings. The number of benzene rings is 2. The Kier molecular flexibility index (Phi) is 10.7. The van der Waals surface area contributed by atoms with E-state index in [4.69, 9.17) is 9.47 Å². The number of ether oxygens (including phenoxy) is 2. The summed E-state index contributed by atoms with van der Waals surface area (Å²) in [6.45, 7) is -1.25. The van der Waals surface area contributed by atoms with Crippen molar-refractivity contribution >= 4 is 17.5 Å². The molecule has 0 aliphatic carbocycles. The first-order valence-electron chi connectivity index (χ1n) is 14.0. The fourth-order valence-corrected chi connectivity index (χ4v) is 6.63. The highest BCUT2D eigenvalue weighted by molar-refractivity contribution is 8.00. The van der Waals surface area contributed by atoms with Crippen LogP contribution in [0.4, 0.5) is 8.78 Å². The van der Waals surface area contributed by atoms with Crippen LogP contribution in [0.15, 0.2) is 60.9 Å². The molecule has 5 rings (SSSR count). The van der Waals surface area contributed by atoms with Crippen molar-refractivity contribution in [3.8, 4) is 11.3 Å². The second-order valence-corrected chi connectivity index (χ2v) is 11.8. The SMILES string of the molecule is [NH3+]N/C(=C\NC1C(O)[C@H](SC2O[C@H](CO)C(O)C(n3cc(-c4cccc(F)c4)nn3)[C@H]2O)OC(CO)[C@@H]1O)c1cccc(F)c1. The minimum atomic E-state index is -1.49. The summed E-state index contributed by atoms with van der Waals surface area (Å²) in [7, 11) is 0. The molecule has 244 valence electrons. The molecule has 3 aromatic rings. The fourth-order valence-electron chi connectivity index (χ4n) is 5.30. The third-order valence-electron chi connectivity index (χ3n) is 7.68. The average Bonchev–Trinajstić information content (AvgIpc) is 3.51. The van der Waals surface area contributed by atoms with Crippen molar-refractivity contribution in [1.29, 1.82) is 0 Å². The lowest BCUT2D eigenvalue weighted by molar-refractivity contribution is -0.423. The molecule has 0 radical (unpaired) electrons. The minimum absolute atomic E-state index is 0.271. The van der Waals surface area contributed by atoms with Crippen molar-refractivity contribution in [2.45, 2.75) is 59.6 Å². The van der Waals surface area contributed by atoms with E-state index in [-0.39, 0.29) is 5.69 Å². The fraction of sp³-hybridized carbons (Fsp3) is 0.429. The van der Waals surface area contributed by atoms with E-state index in [9.17, 15) is 39.4 Å². The van der Waals surface area contributed by atoms with Gasteiger partial charge in [0.2, 0.25) is 0 Å². The molecule has 11 N–H and O–H groups in total. The molecule has 0 saturated carbocycles. The van der Waals surface area contributed by atoms with Crippen LogP contribution in [-0.4, -0.2) is 112 Å². The van der Waals surface area contributed by atoms with E-state index in [0.717, 1.165) is 11.8 Å². The van der Waals surface area contributed by atoms with Gasteiger partial charge >= 0.3 is 0 Å². The van der Waals surface area contributed by atoms with Crippen LogP contribution in [0, 0.1) is 11.6 Å². The zero-order valence-corrected chi connectivity index (χ0v) is 24.5. The van der Waals surface area contributed by atoms with Gasteiger partial charge in [-0.15, -0.1) is 5.10 Å². The number of rotatable bonds is 10. The van der Waals surface area contributed by atoms with Crippen molar-refractivity contribution in [2.75, 3.05) is 13.2 Å². The Morgan fingerprint density at radius 1 is 0.911 bits per heavy atom. The van der Waals surface area contributed by atoms with E-state index in [0.29, 0.717) is 16.8 Å². The van der Waals surface area contributed by atoms with Gasteiger partial charge in [-0.2, -0.15) is 0 Å². The van der Waals surface area contributed by atoms with Crippen molar-refractivity contribution < 1.29 is 54.7 Å². The molecule has 2 aliphatic heterocycles. The zero-order chi connectivity index (χ0) is 32.2. The van der Waals surface area contributed by atoms with Gasteiger partial charge in [-0.25, -0.2) is 18.9 Å². The average molecular weight is 654 g/mol. The van der Waals surface area contributed by atoms with E-state index in [1.54, 1.807) is 12.1 Å². The maximum Gasteiger partial charge on any atom is 0.134 e. The van der Waals surface area contributed by atoms with E-state index in [1.165, 1.54) is 53.5 Å². The summed E-state index contributed by atoms with van der Waals surface area (Å²) in [5, 5.41) is 75.3. The van der Waals surface area contributed by atoms with Crippen LogP contribution in [0.5, 0.6) is 0 Å². The van der Waals surface area contributed by atoms with Gasteiger partial charge in [-0.1, -0.05) is 41.2 Å². The molecule has 45 heavy (non-hydrogen) atoms. The molecule has 0 bridgehead atoms. The van der Waals surface area contributed by atoms with Gasteiger partial charge in [0.15, 0.2) is 0 Å². The molecule has 0 spiro atoms. The van der Waals surface area contributed by atoms with Gasteiger partial charge in [-0.05, 0) is 24.3 Å². The van der Waals surface area contributed by atoms with E-state index < -0.39 is 84.4 Å². The summed E-state index contributed by atoms with van der Waals surface area (Å²) < 4.78 is 40.3. The van der Waals surface area contributed by atoms with Crippen LogP contribution in [0.1, 0.15) is 11.6 Å². The summed E-state index contributed by atoms with van der Waals surface area (Å²) in [5.74, 6) is 2.64. The predicted molar refractivity (Wildman–Crippen MR) is 155 cm³/mol. The summed E-state index contributed by atoms with van der Waals surface area (Å²) in [4.78, 5) is 0. The maximum atomic E-state index is 13.8. The molecule has 3 heterocycles. The first-order chi connectivity index (χ1) is 21.6. The molecular weight excluding hydrogens is 618 g/mol. The van der Waals surface area contributed by atoms with Crippen molar-refractivity contribution in [1.82, 2.24) is 25.7 Å². The van der Waals surface area contributed by atoms with Crippen LogP contribution < -0.4 is 16.6 Å². The van der Waals surface area contributed by atoms with Crippen LogP contribution in [-0.2, 0) is 9.47 Å². The van der Waals surface area contributed by atoms with Crippen LogP contribution in [0.25, 0.3) is 17.0 Å². The maximum absolute atomic E-state index is 13.8. The number of aromatic nitrogens is 3. The van der Waals surface area contributed by atoms with Crippen LogP contribution in [0.3, 0.4) is 0 Å². The number of hydrogen-bond acceptors (Lipinski definition) is 13. The first-order valence-corrected chi connectivity index (χ1v) is 14.9. The van der Waals surface area contributed by atoms with Crippen molar-refractivity contribution in [3.05, 3.63) is 78.1 Å². The minimum Gasteiger partial charge on any atom is -0.394 e. The van der Waals surface area contributed by atoms with Gasteiger partial charge < -0.3 is 45.4 Å². The second kappa shape index (κ2) is 14.5. The Hall–Kier alpha value is -3.23. The molecule has 0 amide bonds. The summed E-state index contributed by atoms with van der Waals surface area (Å²) in [6, 6.07) is 9.00. The number of halogens is 2. The van der Waals surface area contributed by atoms with Crippen LogP contribution >= 0.6 is 11.8 Å². The Morgan fingerprint density at radius 2 is 1.56 bits per heavy atom. The Bertz CT molecular complexity index is 1470. The lowest BCUT2D eigenvalue weighted by atomic mass is 9.97. The van der Waals surface area contributed by atoms with Crippen molar-refractivity contribution in [3.63, 3.8) is 0 Å². The number of aliphatic hydroxyl groups excluding tert-OH is 6. The topological polar surface area (TPSA) is 222 Å². The predicted octanol–water partition coefficient (Wildman–Crippen LogP) is -1.92. The van der Waals surface area contributed by atoms with Gasteiger partial charge in [0.1, 0.15) is 76.6 Å². The molecule has 17 heteroatoms. The Labute approximate surface area is 260 Å². The van der Waals surface area contributed by atoms with Crippen LogP contribution in [0.2, 0.25) is 0 Å². The van der Waals surface area contributed by atoms with E-state index in [1.807, 2.05) is 0 Å². The second-order valence-electron chi connectivity index (χ2n) is 10.6.